The number of methoxy groups -OCH3 is 1. The number of aromatic nitrogens is 3. The van der Waals surface area contributed by atoms with Crippen LogP contribution in [0.2, 0.25) is 0 Å². The lowest BCUT2D eigenvalue weighted by Crippen LogP contribution is -2.29. The summed E-state index contributed by atoms with van der Waals surface area (Å²) in [4.78, 5) is 25.0. The first-order chi connectivity index (χ1) is 16.7. The summed E-state index contributed by atoms with van der Waals surface area (Å²) in [6, 6.07) is 25.8. The molecule has 0 aliphatic heterocycles. The van der Waals surface area contributed by atoms with E-state index in [0.29, 0.717) is 17.9 Å². The van der Waals surface area contributed by atoms with Crippen LogP contribution in [0.4, 0.5) is 0 Å². The Morgan fingerprint density at radius 2 is 1.65 bits per heavy atom. The fourth-order valence-electron chi connectivity index (χ4n) is 4.10. The number of hydrogen-bond acceptors (Lipinski definition) is 4. The molecule has 2 heterocycles. The molecule has 0 bridgehead atoms. The molecule has 0 saturated heterocycles. The molecule has 34 heavy (non-hydrogen) atoms. The number of para-hydroxylation sites is 1. The number of carbonyl (C=O) groups is 1. The molecule has 0 aliphatic carbocycles. The SMILES string of the molecule is COc1ccc(C(CNC(=O)c2cnc(-c3ccccc3)nc2)c2c[nH]c3ccccc23)cc1. The zero-order valence-electron chi connectivity index (χ0n) is 18.7. The third kappa shape index (κ3) is 4.38. The molecule has 0 aliphatic rings. The maximum atomic E-state index is 12.9. The number of rotatable bonds is 7. The first-order valence-electron chi connectivity index (χ1n) is 11.1. The Morgan fingerprint density at radius 1 is 0.941 bits per heavy atom. The molecule has 168 valence electrons. The van der Waals surface area contributed by atoms with E-state index in [0.717, 1.165) is 33.3 Å². The Hall–Kier alpha value is -4.45. The third-order valence-electron chi connectivity index (χ3n) is 5.93. The smallest absolute Gasteiger partial charge is 0.254 e. The summed E-state index contributed by atoms with van der Waals surface area (Å²) in [7, 11) is 1.65. The predicted octanol–water partition coefficient (Wildman–Crippen LogP) is 5.20. The van der Waals surface area contributed by atoms with Crippen molar-refractivity contribution in [3.05, 3.63) is 114 Å². The molecule has 1 atom stereocenters. The Kier molecular flexibility index (Phi) is 6.03. The van der Waals surface area contributed by atoms with Crippen LogP contribution in [0.15, 0.2) is 97.5 Å². The molecule has 0 spiro atoms. The number of carbonyl (C=O) groups excluding carboxylic acids is 1. The first-order valence-corrected chi connectivity index (χ1v) is 11.1. The molecular weight excluding hydrogens is 424 g/mol. The molecule has 5 aromatic rings. The van der Waals surface area contributed by atoms with Crippen molar-refractivity contribution in [1.82, 2.24) is 20.3 Å². The second kappa shape index (κ2) is 9.58. The summed E-state index contributed by atoms with van der Waals surface area (Å²) in [6.07, 6.45) is 5.15. The molecule has 6 heteroatoms. The van der Waals surface area contributed by atoms with Crippen molar-refractivity contribution in [3.8, 4) is 17.1 Å². The minimum Gasteiger partial charge on any atom is -0.497 e. The van der Waals surface area contributed by atoms with Crippen LogP contribution < -0.4 is 10.1 Å². The van der Waals surface area contributed by atoms with Crippen LogP contribution in [0.25, 0.3) is 22.3 Å². The fraction of sp³-hybridized carbons (Fsp3) is 0.107. The van der Waals surface area contributed by atoms with Crippen molar-refractivity contribution in [1.29, 1.82) is 0 Å². The molecular formula is C28H24N4O2. The van der Waals surface area contributed by atoms with Gasteiger partial charge in [-0.2, -0.15) is 0 Å². The van der Waals surface area contributed by atoms with Crippen LogP contribution in [0.5, 0.6) is 5.75 Å². The molecule has 1 unspecified atom stereocenters. The Bertz CT molecular complexity index is 1390. The topological polar surface area (TPSA) is 79.9 Å². The van der Waals surface area contributed by atoms with Gasteiger partial charge in [-0.05, 0) is 29.3 Å². The summed E-state index contributed by atoms with van der Waals surface area (Å²) in [5.74, 6) is 1.13. The fourth-order valence-corrected chi connectivity index (χ4v) is 4.10. The number of fused-ring (bicyclic) bond motifs is 1. The first kappa shape index (κ1) is 21.4. The van der Waals surface area contributed by atoms with Gasteiger partial charge in [-0.1, -0.05) is 60.7 Å². The lowest BCUT2D eigenvalue weighted by molar-refractivity contribution is 0.0951. The summed E-state index contributed by atoms with van der Waals surface area (Å²) in [6.45, 7) is 0.424. The summed E-state index contributed by atoms with van der Waals surface area (Å²) in [5.41, 5.74) is 4.60. The minimum atomic E-state index is -0.210. The van der Waals surface area contributed by atoms with Crippen LogP contribution in [0, 0.1) is 0 Å². The zero-order chi connectivity index (χ0) is 23.3. The summed E-state index contributed by atoms with van der Waals surface area (Å²) >= 11 is 0. The van der Waals surface area contributed by atoms with Gasteiger partial charge >= 0.3 is 0 Å². The lowest BCUT2D eigenvalue weighted by atomic mass is 9.90. The second-order valence-electron chi connectivity index (χ2n) is 7.99. The van der Waals surface area contributed by atoms with Gasteiger partial charge in [-0.3, -0.25) is 4.79 Å². The molecule has 6 nitrogen and oxygen atoms in total. The predicted molar refractivity (Wildman–Crippen MR) is 133 cm³/mol. The van der Waals surface area contributed by atoms with Crippen molar-refractivity contribution < 1.29 is 9.53 Å². The van der Waals surface area contributed by atoms with E-state index in [1.165, 1.54) is 0 Å². The Balaban J connectivity index is 1.38. The van der Waals surface area contributed by atoms with E-state index in [1.54, 1.807) is 19.5 Å². The summed E-state index contributed by atoms with van der Waals surface area (Å²) < 4.78 is 5.32. The van der Waals surface area contributed by atoms with Gasteiger partial charge in [0.2, 0.25) is 0 Å². The van der Waals surface area contributed by atoms with Crippen molar-refractivity contribution >= 4 is 16.8 Å². The van der Waals surface area contributed by atoms with Crippen LogP contribution in [0.3, 0.4) is 0 Å². The van der Waals surface area contributed by atoms with Gasteiger partial charge in [0.05, 0.1) is 12.7 Å². The highest BCUT2D eigenvalue weighted by molar-refractivity contribution is 5.94. The highest BCUT2D eigenvalue weighted by Crippen LogP contribution is 2.31. The van der Waals surface area contributed by atoms with Crippen molar-refractivity contribution in [3.63, 3.8) is 0 Å². The number of nitrogens with one attached hydrogen (secondary N) is 2. The van der Waals surface area contributed by atoms with Gasteiger partial charge in [-0.25, -0.2) is 9.97 Å². The number of H-pyrrole nitrogens is 1. The maximum Gasteiger partial charge on any atom is 0.254 e. The number of ether oxygens (including phenoxy) is 1. The summed E-state index contributed by atoms with van der Waals surface area (Å²) in [5, 5.41) is 4.21. The van der Waals surface area contributed by atoms with Gasteiger partial charge < -0.3 is 15.0 Å². The molecule has 0 saturated carbocycles. The monoisotopic (exact) mass is 448 g/mol. The minimum absolute atomic E-state index is 0.0458. The number of benzene rings is 3. The van der Waals surface area contributed by atoms with Gasteiger partial charge in [0.25, 0.3) is 5.91 Å². The van der Waals surface area contributed by atoms with Crippen LogP contribution in [-0.2, 0) is 0 Å². The zero-order valence-corrected chi connectivity index (χ0v) is 18.7. The highest BCUT2D eigenvalue weighted by Gasteiger charge is 2.20. The van der Waals surface area contributed by atoms with E-state index < -0.39 is 0 Å². The number of amides is 1. The average molecular weight is 449 g/mol. The molecule has 2 aromatic heterocycles. The molecule has 1 amide bonds. The van der Waals surface area contributed by atoms with E-state index in [4.69, 9.17) is 4.74 Å². The van der Waals surface area contributed by atoms with E-state index in [2.05, 4.69) is 26.3 Å². The average Bonchev–Trinajstić information content (AvgIpc) is 3.34. The Labute approximate surface area is 197 Å². The van der Waals surface area contributed by atoms with E-state index in [9.17, 15) is 4.79 Å². The number of hydrogen-bond donors (Lipinski definition) is 2. The lowest BCUT2D eigenvalue weighted by Gasteiger charge is -2.18. The molecule has 2 N–H and O–H groups in total. The quantitative estimate of drug-likeness (QED) is 0.359. The van der Waals surface area contributed by atoms with E-state index >= 15 is 0 Å². The molecule has 5 rings (SSSR count). The van der Waals surface area contributed by atoms with Gasteiger partial charge in [0.1, 0.15) is 5.75 Å². The van der Waals surface area contributed by atoms with Crippen LogP contribution >= 0.6 is 0 Å². The van der Waals surface area contributed by atoms with Crippen molar-refractivity contribution in [2.75, 3.05) is 13.7 Å². The van der Waals surface area contributed by atoms with Gasteiger partial charge in [0.15, 0.2) is 5.82 Å². The van der Waals surface area contributed by atoms with E-state index in [1.807, 2.05) is 79.0 Å². The van der Waals surface area contributed by atoms with E-state index in [-0.39, 0.29) is 11.8 Å². The standard InChI is InChI=1S/C28H24N4O2/c1-34-22-13-11-19(12-14-22)24(25-18-29-26-10-6-5-9-23(25)26)17-32-28(33)21-15-30-27(31-16-21)20-7-3-2-4-8-20/h2-16,18,24,29H,17H2,1H3,(H,32,33). The molecule has 3 aromatic carbocycles. The maximum absolute atomic E-state index is 12.9. The Morgan fingerprint density at radius 3 is 2.38 bits per heavy atom. The number of aromatic amines is 1. The largest absolute Gasteiger partial charge is 0.497 e. The van der Waals surface area contributed by atoms with Crippen molar-refractivity contribution in [2.24, 2.45) is 0 Å². The molecule has 0 fully saturated rings. The highest BCUT2D eigenvalue weighted by atomic mass is 16.5. The normalized spacial score (nSPS) is 11.8. The third-order valence-corrected chi connectivity index (χ3v) is 5.93. The number of nitrogens with zero attached hydrogens (tertiary/aromatic N) is 2. The van der Waals surface area contributed by atoms with Crippen LogP contribution in [-0.4, -0.2) is 34.5 Å². The molecule has 0 radical (unpaired) electrons. The second-order valence-corrected chi connectivity index (χ2v) is 7.99. The van der Waals surface area contributed by atoms with Gasteiger partial charge in [0, 0.05) is 47.5 Å². The van der Waals surface area contributed by atoms with Crippen LogP contribution in [0.1, 0.15) is 27.4 Å². The van der Waals surface area contributed by atoms with Crippen molar-refractivity contribution in [2.45, 2.75) is 5.92 Å². The van der Waals surface area contributed by atoms with Gasteiger partial charge in [-0.15, -0.1) is 0 Å².